The number of aliphatic hydroxyl groups excluding tert-OH is 1. The maximum Gasteiger partial charge on any atom is 0.0948 e. The van der Waals surface area contributed by atoms with E-state index in [0.29, 0.717) is 6.54 Å². The van der Waals surface area contributed by atoms with Crippen molar-refractivity contribution in [2.45, 2.75) is 56.7 Å². The van der Waals surface area contributed by atoms with Gasteiger partial charge in [0.2, 0.25) is 0 Å². The lowest BCUT2D eigenvalue weighted by atomic mass is 9.53. The van der Waals surface area contributed by atoms with Gasteiger partial charge in [0.05, 0.1) is 17.3 Å². The molecule has 4 bridgehead atoms. The van der Waals surface area contributed by atoms with Crippen molar-refractivity contribution in [1.29, 1.82) is 0 Å². The fourth-order valence-electron chi connectivity index (χ4n) is 5.86. The molecule has 6 rings (SSSR count). The van der Waals surface area contributed by atoms with Crippen LogP contribution in [0.15, 0.2) is 6.20 Å². The molecular formula is C16H23N3O. The highest BCUT2D eigenvalue weighted by Gasteiger charge is 2.52. The minimum Gasteiger partial charge on any atom is -0.387 e. The number of fused-ring (bicyclic) bond motifs is 1. The van der Waals surface area contributed by atoms with Crippen molar-refractivity contribution in [3.05, 3.63) is 17.5 Å². The minimum absolute atomic E-state index is 0.284. The first kappa shape index (κ1) is 11.8. The first-order valence-corrected chi connectivity index (χ1v) is 8.19. The van der Waals surface area contributed by atoms with E-state index in [4.69, 9.17) is 5.10 Å². The first-order valence-electron chi connectivity index (χ1n) is 8.19. The summed E-state index contributed by atoms with van der Waals surface area (Å²) in [6.45, 7) is 1.48. The van der Waals surface area contributed by atoms with Crippen molar-refractivity contribution in [3.8, 4) is 0 Å². The Kier molecular flexibility index (Phi) is 2.27. The summed E-state index contributed by atoms with van der Waals surface area (Å²) >= 11 is 0. The summed E-state index contributed by atoms with van der Waals surface area (Å²) in [5.74, 6) is 2.81. The molecule has 20 heavy (non-hydrogen) atoms. The Morgan fingerprint density at radius 3 is 2.40 bits per heavy atom. The van der Waals surface area contributed by atoms with Gasteiger partial charge in [0, 0.05) is 24.8 Å². The average molecular weight is 273 g/mol. The van der Waals surface area contributed by atoms with E-state index in [1.54, 1.807) is 0 Å². The second-order valence-corrected chi connectivity index (χ2v) is 7.76. The molecule has 0 radical (unpaired) electrons. The van der Waals surface area contributed by atoms with Crippen LogP contribution in [0.5, 0.6) is 0 Å². The van der Waals surface area contributed by atoms with Gasteiger partial charge in [-0.3, -0.25) is 4.68 Å². The molecule has 5 aliphatic rings. The van der Waals surface area contributed by atoms with Crippen LogP contribution < -0.4 is 5.32 Å². The summed E-state index contributed by atoms with van der Waals surface area (Å²) in [4.78, 5) is 0. The predicted octanol–water partition coefficient (Wildman–Crippen LogP) is 1.94. The highest BCUT2D eigenvalue weighted by Crippen LogP contribution is 2.58. The lowest BCUT2D eigenvalue weighted by molar-refractivity contribution is -0.0496. The third kappa shape index (κ3) is 1.52. The molecule has 0 spiro atoms. The predicted molar refractivity (Wildman–Crippen MR) is 75.0 cm³/mol. The summed E-state index contributed by atoms with van der Waals surface area (Å²) in [5, 5.41) is 18.3. The zero-order valence-electron chi connectivity index (χ0n) is 11.9. The maximum absolute atomic E-state index is 10.1. The number of nitrogens with one attached hydrogen (secondary N) is 1. The molecule has 108 valence electrons. The standard InChI is InChI=1S/C16H23N3O/c20-15-8-17-7-14-13(15)9-19(18-14)16-4-10-1-11(5-16)3-12(2-10)6-16/h9-12,15,17,20H,1-8H2. The topological polar surface area (TPSA) is 50.1 Å². The Morgan fingerprint density at radius 2 is 1.80 bits per heavy atom. The van der Waals surface area contributed by atoms with E-state index in [-0.39, 0.29) is 11.6 Å². The van der Waals surface area contributed by atoms with E-state index in [0.717, 1.165) is 35.6 Å². The minimum atomic E-state index is -0.374. The van der Waals surface area contributed by atoms with Crippen molar-refractivity contribution in [2.75, 3.05) is 6.54 Å². The maximum atomic E-state index is 10.1. The lowest BCUT2D eigenvalue weighted by Gasteiger charge is -2.56. The molecule has 4 heteroatoms. The number of aromatic nitrogens is 2. The molecule has 4 aliphatic carbocycles. The number of aliphatic hydroxyl groups is 1. The Hall–Kier alpha value is -0.870. The van der Waals surface area contributed by atoms with Crippen LogP contribution in [0.25, 0.3) is 0 Å². The van der Waals surface area contributed by atoms with E-state index in [1.807, 2.05) is 0 Å². The van der Waals surface area contributed by atoms with Gasteiger partial charge in [-0.05, 0) is 56.3 Å². The normalized spacial score (nSPS) is 45.6. The first-order chi connectivity index (χ1) is 9.72. The van der Waals surface area contributed by atoms with Gasteiger partial charge in [0.1, 0.15) is 0 Å². The van der Waals surface area contributed by atoms with Crippen LogP contribution in [-0.2, 0) is 12.1 Å². The third-order valence-corrected chi connectivity index (χ3v) is 6.30. The number of hydrogen-bond donors (Lipinski definition) is 2. The Bertz CT molecular complexity index is 515. The third-order valence-electron chi connectivity index (χ3n) is 6.30. The van der Waals surface area contributed by atoms with Crippen molar-refractivity contribution in [1.82, 2.24) is 15.1 Å². The van der Waals surface area contributed by atoms with Crippen molar-refractivity contribution >= 4 is 0 Å². The van der Waals surface area contributed by atoms with Gasteiger partial charge < -0.3 is 10.4 Å². The molecule has 2 heterocycles. The molecule has 1 aromatic rings. The number of hydrogen-bond acceptors (Lipinski definition) is 3. The quantitative estimate of drug-likeness (QED) is 0.822. The molecule has 4 nitrogen and oxygen atoms in total. The summed E-state index contributed by atoms with van der Waals surface area (Å²) in [6, 6.07) is 0. The van der Waals surface area contributed by atoms with E-state index in [9.17, 15) is 5.11 Å². The fourth-order valence-corrected chi connectivity index (χ4v) is 5.86. The molecule has 1 unspecified atom stereocenters. The number of nitrogens with zero attached hydrogens (tertiary/aromatic N) is 2. The molecule has 0 amide bonds. The number of β-amino-alcohol motifs (C(OH)–C–C–N with tert-alkyl or cyclic N) is 1. The Balaban J connectivity index is 1.56. The highest BCUT2D eigenvalue weighted by molar-refractivity contribution is 5.24. The average Bonchev–Trinajstić information content (AvgIpc) is 2.83. The van der Waals surface area contributed by atoms with Gasteiger partial charge in [-0.15, -0.1) is 0 Å². The van der Waals surface area contributed by atoms with Crippen LogP contribution >= 0.6 is 0 Å². The van der Waals surface area contributed by atoms with Crippen LogP contribution in [0.4, 0.5) is 0 Å². The van der Waals surface area contributed by atoms with Crippen LogP contribution in [0.1, 0.15) is 55.9 Å². The van der Waals surface area contributed by atoms with E-state index < -0.39 is 0 Å². The second-order valence-electron chi connectivity index (χ2n) is 7.76. The summed E-state index contributed by atoms with van der Waals surface area (Å²) in [5.41, 5.74) is 2.42. The highest BCUT2D eigenvalue weighted by atomic mass is 16.3. The molecule has 4 saturated carbocycles. The summed E-state index contributed by atoms with van der Waals surface area (Å²) in [6.07, 6.45) is 10.2. The van der Waals surface area contributed by atoms with Gasteiger partial charge >= 0.3 is 0 Å². The fraction of sp³-hybridized carbons (Fsp3) is 0.812. The van der Waals surface area contributed by atoms with Crippen LogP contribution in [0.3, 0.4) is 0 Å². The van der Waals surface area contributed by atoms with Crippen molar-refractivity contribution < 1.29 is 5.11 Å². The number of rotatable bonds is 1. The van der Waals surface area contributed by atoms with Crippen LogP contribution in [0.2, 0.25) is 0 Å². The lowest BCUT2D eigenvalue weighted by Crippen LogP contribution is -2.52. The van der Waals surface area contributed by atoms with Gasteiger partial charge in [0.25, 0.3) is 0 Å². The van der Waals surface area contributed by atoms with Crippen LogP contribution in [-0.4, -0.2) is 21.4 Å². The Labute approximate surface area is 119 Å². The molecule has 2 N–H and O–H groups in total. The van der Waals surface area contributed by atoms with E-state index >= 15 is 0 Å². The van der Waals surface area contributed by atoms with E-state index in [1.165, 1.54) is 38.5 Å². The van der Waals surface area contributed by atoms with Gasteiger partial charge in [-0.25, -0.2) is 0 Å². The SMILES string of the molecule is OC1CNCc2nn(C34CC5CC(CC(C5)C3)C4)cc21. The smallest absolute Gasteiger partial charge is 0.0948 e. The summed E-state index contributed by atoms with van der Waals surface area (Å²) in [7, 11) is 0. The molecule has 0 aromatic carbocycles. The zero-order chi connectivity index (χ0) is 13.3. The molecule has 4 fully saturated rings. The van der Waals surface area contributed by atoms with Gasteiger partial charge in [0.15, 0.2) is 0 Å². The molecule has 0 saturated heterocycles. The monoisotopic (exact) mass is 273 g/mol. The van der Waals surface area contributed by atoms with E-state index in [2.05, 4.69) is 16.2 Å². The summed E-state index contributed by atoms with van der Waals surface area (Å²) < 4.78 is 2.28. The molecule has 1 atom stereocenters. The second kappa shape index (κ2) is 3.86. The zero-order valence-corrected chi connectivity index (χ0v) is 11.9. The van der Waals surface area contributed by atoms with Crippen molar-refractivity contribution in [3.63, 3.8) is 0 Å². The molecular weight excluding hydrogens is 250 g/mol. The van der Waals surface area contributed by atoms with Gasteiger partial charge in [-0.2, -0.15) is 5.10 Å². The van der Waals surface area contributed by atoms with Crippen LogP contribution in [0, 0.1) is 17.8 Å². The van der Waals surface area contributed by atoms with Gasteiger partial charge in [-0.1, -0.05) is 0 Å². The molecule has 1 aliphatic heterocycles. The van der Waals surface area contributed by atoms with Crippen molar-refractivity contribution in [2.24, 2.45) is 17.8 Å². The molecule has 1 aromatic heterocycles. The Morgan fingerprint density at radius 1 is 1.15 bits per heavy atom. The largest absolute Gasteiger partial charge is 0.387 e.